The highest BCUT2D eigenvalue weighted by Crippen LogP contribution is 2.19. The van der Waals surface area contributed by atoms with Crippen LogP contribution in [-0.4, -0.2) is 73.1 Å². The Morgan fingerprint density at radius 3 is 2.74 bits per heavy atom. The second kappa shape index (κ2) is 9.39. The highest BCUT2D eigenvalue weighted by atomic mass is 32.2. The van der Waals surface area contributed by atoms with Gasteiger partial charge >= 0.3 is 5.97 Å². The lowest BCUT2D eigenvalue weighted by molar-refractivity contribution is -0.138. The monoisotopic (exact) mass is 397 g/mol. The largest absolute Gasteiger partial charge is 0.480 e. The van der Waals surface area contributed by atoms with Crippen molar-refractivity contribution in [1.82, 2.24) is 19.5 Å². The van der Waals surface area contributed by atoms with Crippen molar-refractivity contribution in [2.45, 2.75) is 24.8 Å². The van der Waals surface area contributed by atoms with E-state index >= 15 is 0 Å². The Morgan fingerprint density at radius 1 is 1.37 bits per heavy atom. The Bertz CT molecular complexity index is 815. The molecule has 146 valence electrons. The van der Waals surface area contributed by atoms with Crippen LogP contribution in [0.15, 0.2) is 12.7 Å². The van der Waals surface area contributed by atoms with Crippen LogP contribution in [0.25, 0.3) is 11.2 Å². The van der Waals surface area contributed by atoms with Crippen LogP contribution in [0.3, 0.4) is 0 Å². The average Bonchev–Trinajstić information content (AvgIpc) is 3.08. The van der Waals surface area contributed by atoms with E-state index in [9.17, 15) is 14.4 Å². The summed E-state index contributed by atoms with van der Waals surface area (Å²) in [6, 6.07) is -0.944. The molecule has 0 aliphatic heterocycles. The number of ether oxygens (including phenoxy) is 1. The molecule has 0 bridgehead atoms. The van der Waals surface area contributed by atoms with E-state index in [1.807, 2.05) is 6.26 Å². The number of nitrogen functional groups attached to an aromatic ring is 1. The van der Waals surface area contributed by atoms with E-state index in [1.54, 1.807) is 0 Å². The van der Waals surface area contributed by atoms with Gasteiger partial charge in [-0.3, -0.25) is 14.2 Å². The van der Waals surface area contributed by atoms with Gasteiger partial charge in [0.05, 0.1) is 12.6 Å². The van der Waals surface area contributed by atoms with Gasteiger partial charge in [0.2, 0.25) is 0 Å². The number of aromatic nitrogens is 4. The van der Waals surface area contributed by atoms with Crippen LogP contribution in [0.2, 0.25) is 0 Å². The Kier molecular flexibility index (Phi) is 7.21. The number of hydrogen-bond acceptors (Lipinski definition) is 9. The normalized spacial score (nSPS) is 15.8. The molecular formula is C15H21N6O5S+. The Balaban J connectivity index is 2.04. The van der Waals surface area contributed by atoms with Gasteiger partial charge in [-0.05, 0) is 10.9 Å². The van der Waals surface area contributed by atoms with Gasteiger partial charge in [-0.1, -0.05) is 0 Å². The summed E-state index contributed by atoms with van der Waals surface area (Å²) in [5.41, 5.74) is 11.8. The van der Waals surface area contributed by atoms with E-state index in [-0.39, 0.29) is 16.7 Å². The molecule has 12 heteroatoms. The van der Waals surface area contributed by atoms with Crippen LogP contribution in [0.5, 0.6) is 0 Å². The molecule has 2 aromatic rings. The number of hydrogen-bond donors (Lipinski definition) is 3. The summed E-state index contributed by atoms with van der Waals surface area (Å²) in [7, 11) is -0.319. The van der Waals surface area contributed by atoms with Gasteiger partial charge in [0.25, 0.3) is 0 Å². The summed E-state index contributed by atoms with van der Waals surface area (Å²) < 4.78 is 6.98. The molecule has 0 radical (unpaired) electrons. The second-order valence-corrected chi connectivity index (χ2v) is 8.11. The van der Waals surface area contributed by atoms with Crippen molar-refractivity contribution in [2.75, 3.05) is 23.5 Å². The lowest BCUT2D eigenvalue weighted by atomic mass is 10.2. The van der Waals surface area contributed by atoms with Crippen molar-refractivity contribution in [3.63, 3.8) is 0 Å². The van der Waals surface area contributed by atoms with E-state index in [4.69, 9.17) is 21.3 Å². The molecule has 5 N–H and O–H groups in total. The fraction of sp³-hybridized carbons (Fsp3) is 0.467. The number of aliphatic carboxylic acids is 1. The number of carbonyl (C=O) groups is 3. The van der Waals surface area contributed by atoms with Crippen molar-refractivity contribution in [1.29, 1.82) is 0 Å². The highest BCUT2D eigenvalue weighted by Gasteiger charge is 2.26. The van der Waals surface area contributed by atoms with Gasteiger partial charge in [0.15, 0.2) is 36.4 Å². The van der Waals surface area contributed by atoms with Crippen molar-refractivity contribution in [2.24, 2.45) is 5.73 Å². The molecule has 0 aliphatic rings. The number of nitrogens with two attached hydrogens (primary N) is 2. The van der Waals surface area contributed by atoms with Crippen molar-refractivity contribution in [3.05, 3.63) is 12.7 Å². The van der Waals surface area contributed by atoms with E-state index in [0.29, 0.717) is 41.7 Å². The fourth-order valence-corrected chi connectivity index (χ4v) is 3.87. The van der Waals surface area contributed by atoms with E-state index in [1.165, 1.54) is 17.2 Å². The number of anilines is 1. The van der Waals surface area contributed by atoms with Gasteiger partial charge in [0, 0.05) is 6.42 Å². The zero-order valence-corrected chi connectivity index (χ0v) is 15.4. The molecule has 0 spiro atoms. The molecule has 2 aromatic heterocycles. The minimum absolute atomic E-state index is 0.167. The number of carboxylic acid groups (broad SMARTS) is 1. The van der Waals surface area contributed by atoms with Crippen molar-refractivity contribution in [3.8, 4) is 0 Å². The summed E-state index contributed by atoms with van der Waals surface area (Å²) in [5.74, 6) is -0.0288. The molecule has 0 aromatic carbocycles. The van der Waals surface area contributed by atoms with Crippen LogP contribution in [-0.2, 0) is 30.0 Å². The fourth-order valence-electron chi connectivity index (χ4n) is 2.32. The summed E-state index contributed by atoms with van der Waals surface area (Å²) in [5, 5.41) is 8.82. The summed E-state index contributed by atoms with van der Waals surface area (Å²) in [4.78, 5) is 45.6. The topological polar surface area (TPSA) is 176 Å². The van der Waals surface area contributed by atoms with Crippen LogP contribution in [0.1, 0.15) is 12.6 Å². The minimum atomic E-state index is -1.11. The Labute approximate surface area is 157 Å². The molecule has 0 saturated carbocycles. The van der Waals surface area contributed by atoms with Gasteiger partial charge in [-0.25, -0.2) is 15.0 Å². The van der Waals surface area contributed by atoms with Gasteiger partial charge in [-0.15, -0.1) is 0 Å². The molecule has 2 heterocycles. The Hall–Kier alpha value is -2.57. The number of carbonyl (C=O) groups excluding carboxylic acids is 2. The van der Waals surface area contributed by atoms with Crippen LogP contribution >= 0.6 is 0 Å². The third-order valence-electron chi connectivity index (χ3n) is 3.79. The molecule has 0 saturated heterocycles. The smallest absolute Gasteiger partial charge is 0.320 e. The lowest BCUT2D eigenvalue weighted by Gasteiger charge is -2.18. The predicted octanol–water partition coefficient (Wildman–Crippen LogP) is -1.26. The maximum atomic E-state index is 11.5. The van der Waals surface area contributed by atoms with E-state index in [2.05, 4.69) is 15.0 Å². The molecule has 0 amide bonds. The van der Waals surface area contributed by atoms with Crippen LogP contribution < -0.4 is 11.5 Å². The quantitative estimate of drug-likeness (QED) is 0.306. The van der Waals surface area contributed by atoms with Gasteiger partial charge < -0.3 is 26.1 Å². The van der Waals surface area contributed by atoms with Crippen molar-refractivity contribution < 1.29 is 24.2 Å². The summed E-state index contributed by atoms with van der Waals surface area (Å²) >= 11 is 0. The van der Waals surface area contributed by atoms with Crippen LogP contribution in [0, 0.1) is 0 Å². The zero-order valence-electron chi connectivity index (χ0n) is 14.6. The average molecular weight is 397 g/mol. The number of rotatable bonds is 11. The van der Waals surface area contributed by atoms with Crippen molar-refractivity contribution >= 4 is 46.4 Å². The molecule has 0 fully saturated rings. The first-order chi connectivity index (χ1) is 12.9. The predicted molar refractivity (Wildman–Crippen MR) is 99.0 cm³/mol. The molecule has 2 rings (SSSR count). The number of aldehydes is 2. The molecular weight excluding hydrogens is 376 g/mol. The third kappa shape index (κ3) is 5.21. The maximum Gasteiger partial charge on any atom is 0.320 e. The first-order valence-electron chi connectivity index (χ1n) is 7.94. The Morgan fingerprint density at radius 2 is 2.11 bits per heavy atom. The standard InChI is InChI=1S/C15H20N6O5S/c1-27(3-2-10(16)15(24)25)6-9(4-22)26-11(5-23)21-8-20-12-13(17)18-7-19-14(12)21/h4-5,7-11H,2-3,6,16H2,1H3,(H2-,17,18,19,24,25)/p+1. The minimum Gasteiger partial charge on any atom is -0.480 e. The molecule has 27 heavy (non-hydrogen) atoms. The zero-order chi connectivity index (χ0) is 20.0. The van der Waals surface area contributed by atoms with Gasteiger partial charge in [-0.2, -0.15) is 0 Å². The number of carboxylic acids is 1. The highest BCUT2D eigenvalue weighted by molar-refractivity contribution is 7.96. The molecule has 4 unspecified atom stereocenters. The maximum absolute atomic E-state index is 11.5. The lowest BCUT2D eigenvalue weighted by Crippen LogP contribution is -2.35. The number of imidazole rings is 1. The SMILES string of the molecule is C[S+](CCC(N)C(=O)O)CC(C=O)OC(C=O)n1cnc2c(N)ncnc21. The molecule has 4 atom stereocenters. The first kappa shape index (κ1) is 20.7. The number of nitrogens with zero attached hydrogens (tertiary/aromatic N) is 4. The molecule has 0 aliphatic carbocycles. The van der Waals surface area contributed by atoms with Crippen LogP contribution in [0.4, 0.5) is 5.82 Å². The van der Waals surface area contributed by atoms with Gasteiger partial charge in [0.1, 0.15) is 29.4 Å². The number of fused-ring (bicyclic) bond motifs is 1. The van der Waals surface area contributed by atoms with E-state index < -0.39 is 24.3 Å². The summed E-state index contributed by atoms with van der Waals surface area (Å²) in [6.07, 6.45) is 3.93. The first-order valence-corrected chi connectivity index (χ1v) is 9.91. The summed E-state index contributed by atoms with van der Waals surface area (Å²) in [6.45, 7) is 0. The molecule has 11 nitrogen and oxygen atoms in total. The third-order valence-corrected chi connectivity index (χ3v) is 5.62. The van der Waals surface area contributed by atoms with E-state index in [0.717, 1.165) is 0 Å². The second-order valence-electron chi connectivity index (χ2n) is 5.81.